The lowest BCUT2D eigenvalue weighted by atomic mass is 11.4. The van der Waals surface area contributed by atoms with Crippen LogP contribution in [0.5, 0.6) is 0 Å². The molecule has 0 amide bonds. The van der Waals surface area contributed by atoms with Crippen LogP contribution in [0.25, 0.3) is 0 Å². The second kappa shape index (κ2) is 1.94. The van der Waals surface area contributed by atoms with Gasteiger partial charge in [0.15, 0.2) is 0 Å². The Bertz CT molecular complexity index is 371. The first kappa shape index (κ1) is 7.00. The first-order valence-electron chi connectivity index (χ1n) is 2.26. The molecule has 0 radical (unpaired) electrons. The van der Waals surface area contributed by atoms with Gasteiger partial charge in [-0.1, -0.05) is 0 Å². The summed E-state index contributed by atoms with van der Waals surface area (Å²) >= 11 is 0. The average Bonchev–Trinajstić information content (AvgIpc) is 2.11. The van der Waals surface area contributed by atoms with Gasteiger partial charge in [-0.15, -0.1) is 5.10 Å². The summed E-state index contributed by atoms with van der Waals surface area (Å²) in [6, 6.07) is 0. The number of sulfone groups is 1. The maximum absolute atomic E-state index is 10.5. The van der Waals surface area contributed by atoms with Gasteiger partial charge in [0, 0.05) is 6.26 Å². The molecule has 0 aliphatic heterocycles. The Kier molecular flexibility index (Phi) is 1.36. The van der Waals surface area contributed by atoms with Crippen molar-refractivity contribution in [3.8, 4) is 0 Å². The summed E-state index contributed by atoms with van der Waals surface area (Å²) in [5.74, 6) is -0.875. The first-order valence-corrected chi connectivity index (χ1v) is 4.15. The number of aromatic amines is 1. The van der Waals surface area contributed by atoms with Gasteiger partial charge >= 0.3 is 11.0 Å². The molecule has 0 bridgehead atoms. The molecule has 1 heterocycles. The molecule has 0 atom stereocenters. The molecule has 0 saturated heterocycles. The molecule has 10 heavy (non-hydrogen) atoms. The lowest BCUT2D eigenvalue weighted by Crippen LogP contribution is -1.97. The van der Waals surface area contributed by atoms with Crippen molar-refractivity contribution in [1.29, 1.82) is 0 Å². The van der Waals surface area contributed by atoms with Crippen molar-refractivity contribution in [1.82, 2.24) is 10.2 Å². The highest BCUT2D eigenvalue weighted by Gasteiger charge is 2.13. The monoisotopic (exact) mass is 164 g/mol. The number of nitrogens with one attached hydrogen (secondary N) is 1. The highest BCUT2D eigenvalue weighted by atomic mass is 32.2. The largest absolute Gasteiger partial charge is 0.435 e. The topological polar surface area (TPSA) is 93.0 Å². The zero-order valence-electron chi connectivity index (χ0n) is 4.99. The second-order valence-corrected chi connectivity index (χ2v) is 3.54. The fourth-order valence-electron chi connectivity index (χ4n) is 0.375. The maximum Gasteiger partial charge on any atom is 0.435 e. The molecule has 0 spiro atoms. The fraction of sp³-hybridized carbons (Fsp3) is 0.333. The van der Waals surface area contributed by atoms with Gasteiger partial charge in [-0.3, -0.25) is 0 Å². The van der Waals surface area contributed by atoms with E-state index in [0.717, 1.165) is 6.26 Å². The van der Waals surface area contributed by atoms with Crippen LogP contribution in [-0.2, 0) is 9.84 Å². The van der Waals surface area contributed by atoms with Crippen LogP contribution in [0.1, 0.15) is 0 Å². The molecule has 1 N–H and O–H groups in total. The van der Waals surface area contributed by atoms with Crippen LogP contribution < -0.4 is 5.76 Å². The number of H-pyrrole nitrogens is 1. The molecule has 6 nitrogen and oxygen atoms in total. The molecule has 1 aromatic rings. The summed E-state index contributed by atoms with van der Waals surface area (Å²) in [5, 5.41) is 4.33. The molecule has 7 heteroatoms. The predicted octanol–water partition coefficient (Wildman–Crippen LogP) is -1.23. The minimum atomic E-state index is -3.49. The Labute approximate surface area is 55.8 Å². The average molecular weight is 164 g/mol. The van der Waals surface area contributed by atoms with Crippen LogP contribution >= 0.6 is 0 Å². The van der Waals surface area contributed by atoms with Crippen molar-refractivity contribution in [3.05, 3.63) is 10.6 Å². The third-order valence-electron chi connectivity index (χ3n) is 0.736. The van der Waals surface area contributed by atoms with Crippen molar-refractivity contribution in [2.45, 2.75) is 5.22 Å². The van der Waals surface area contributed by atoms with E-state index >= 15 is 0 Å². The lowest BCUT2D eigenvalue weighted by Gasteiger charge is -1.82. The molecule has 0 saturated carbocycles. The summed E-state index contributed by atoms with van der Waals surface area (Å²) in [6.07, 6.45) is 0.895. The van der Waals surface area contributed by atoms with Crippen molar-refractivity contribution in [3.63, 3.8) is 0 Å². The molecule has 0 fully saturated rings. The van der Waals surface area contributed by atoms with Crippen LogP contribution in [0, 0.1) is 0 Å². The van der Waals surface area contributed by atoms with Gasteiger partial charge in [0.2, 0.25) is 9.84 Å². The molecule has 0 aliphatic carbocycles. The Morgan fingerprint density at radius 2 is 2.20 bits per heavy atom. The Hall–Kier alpha value is -1.11. The normalized spacial score (nSPS) is 11.7. The summed E-state index contributed by atoms with van der Waals surface area (Å²) in [6.45, 7) is 0. The molecule has 1 rings (SSSR count). The van der Waals surface area contributed by atoms with Gasteiger partial charge in [-0.2, -0.15) is 0 Å². The minimum absolute atomic E-state index is 0.586. The van der Waals surface area contributed by atoms with E-state index in [1.165, 1.54) is 0 Å². The van der Waals surface area contributed by atoms with Crippen molar-refractivity contribution < 1.29 is 12.8 Å². The second-order valence-electron chi connectivity index (χ2n) is 1.65. The number of hydrogen-bond donors (Lipinski definition) is 1. The maximum atomic E-state index is 10.5. The van der Waals surface area contributed by atoms with Gasteiger partial charge in [-0.25, -0.2) is 18.3 Å². The summed E-state index contributed by atoms with van der Waals surface area (Å²) < 4.78 is 25.2. The molecular weight excluding hydrogens is 160 g/mol. The third-order valence-corrected chi connectivity index (χ3v) is 1.54. The molecule has 0 unspecified atom stereocenters. The summed E-state index contributed by atoms with van der Waals surface area (Å²) in [5.41, 5.74) is 0. The van der Waals surface area contributed by atoms with Crippen molar-refractivity contribution in [2.75, 3.05) is 6.26 Å². The van der Waals surface area contributed by atoms with Crippen LogP contribution in [-0.4, -0.2) is 24.9 Å². The Balaban J connectivity index is 3.34. The Morgan fingerprint density at radius 1 is 1.60 bits per heavy atom. The van der Waals surface area contributed by atoms with E-state index in [9.17, 15) is 13.2 Å². The smallest absolute Gasteiger partial charge is 0.378 e. The van der Waals surface area contributed by atoms with E-state index in [1.54, 1.807) is 0 Å². The zero-order chi connectivity index (χ0) is 7.78. The van der Waals surface area contributed by atoms with E-state index in [4.69, 9.17) is 0 Å². The van der Waals surface area contributed by atoms with Gasteiger partial charge < -0.3 is 4.42 Å². The lowest BCUT2D eigenvalue weighted by molar-refractivity contribution is 0.406. The van der Waals surface area contributed by atoms with Crippen LogP contribution in [0.15, 0.2) is 14.4 Å². The minimum Gasteiger partial charge on any atom is -0.378 e. The number of nitrogens with zero attached hydrogens (tertiary/aromatic N) is 1. The quantitative estimate of drug-likeness (QED) is 0.560. The molecule has 1 aromatic heterocycles. The van der Waals surface area contributed by atoms with Crippen molar-refractivity contribution >= 4 is 9.84 Å². The highest BCUT2D eigenvalue weighted by Crippen LogP contribution is 1.97. The fourth-order valence-corrected chi connectivity index (χ4v) is 0.813. The highest BCUT2D eigenvalue weighted by molar-refractivity contribution is 7.90. The van der Waals surface area contributed by atoms with E-state index in [-0.39, 0.29) is 0 Å². The SMILES string of the molecule is CS(=O)(=O)c1n[nH]c(=O)o1. The van der Waals surface area contributed by atoms with E-state index in [2.05, 4.69) is 9.52 Å². The number of rotatable bonds is 1. The predicted molar refractivity (Wildman–Crippen MR) is 30.2 cm³/mol. The zero-order valence-corrected chi connectivity index (χ0v) is 5.80. The van der Waals surface area contributed by atoms with E-state index in [0.29, 0.717) is 0 Å². The molecular formula is C3H4N2O4S. The third kappa shape index (κ3) is 1.24. The Morgan fingerprint density at radius 3 is 2.40 bits per heavy atom. The molecule has 56 valence electrons. The van der Waals surface area contributed by atoms with Gasteiger partial charge in [0.05, 0.1) is 0 Å². The van der Waals surface area contributed by atoms with Crippen LogP contribution in [0.2, 0.25) is 0 Å². The van der Waals surface area contributed by atoms with E-state index < -0.39 is 20.8 Å². The van der Waals surface area contributed by atoms with E-state index in [1.807, 2.05) is 5.10 Å². The van der Waals surface area contributed by atoms with Gasteiger partial charge in [-0.05, 0) is 0 Å². The molecule has 0 aliphatic rings. The van der Waals surface area contributed by atoms with Crippen molar-refractivity contribution in [2.24, 2.45) is 0 Å². The standard InChI is InChI=1S/C3H4N2O4S/c1-10(7,8)3-5-4-2(6)9-3/h1H3,(H,4,6). The first-order chi connectivity index (χ1) is 4.50. The van der Waals surface area contributed by atoms with Gasteiger partial charge in [0.1, 0.15) is 0 Å². The summed E-state index contributed by atoms with van der Waals surface area (Å²) in [4.78, 5) is 10.2. The van der Waals surface area contributed by atoms with Gasteiger partial charge in [0.25, 0.3) is 0 Å². The summed E-state index contributed by atoms with van der Waals surface area (Å²) in [7, 11) is -3.49. The number of aromatic nitrogens is 2. The molecule has 0 aromatic carbocycles. The van der Waals surface area contributed by atoms with Crippen LogP contribution in [0.4, 0.5) is 0 Å². The van der Waals surface area contributed by atoms with Crippen LogP contribution in [0.3, 0.4) is 0 Å². The number of hydrogen-bond acceptors (Lipinski definition) is 5.